The van der Waals surface area contributed by atoms with Crippen molar-refractivity contribution in [3.63, 3.8) is 0 Å². The van der Waals surface area contributed by atoms with Crippen molar-refractivity contribution in [2.24, 2.45) is 0 Å². The van der Waals surface area contributed by atoms with Gasteiger partial charge < -0.3 is 0 Å². The molecule has 0 bridgehead atoms. The van der Waals surface area contributed by atoms with E-state index in [1.54, 1.807) is 0 Å². The molecule has 0 N–H and O–H groups in total. The standard InChI is InChI=1S/C18H13BrN4/c19-18-20-11-15-16(14-9-5-2-6-10-14)22-23(17(15)21-18)12-13-7-3-1-4-8-13/h1-11H,12H2. The molecule has 0 spiro atoms. The Morgan fingerprint density at radius 2 is 1.61 bits per heavy atom. The monoisotopic (exact) mass is 364 g/mol. The van der Waals surface area contributed by atoms with E-state index in [1.807, 2.05) is 47.3 Å². The van der Waals surface area contributed by atoms with Crippen LogP contribution in [0.3, 0.4) is 0 Å². The second-order valence-electron chi connectivity index (χ2n) is 5.23. The maximum Gasteiger partial charge on any atom is 0.198 e. The van der Waals surface area contributed by atoms with Crippen molar-refractivity contribution in [3.8, 4) is 11.3 Å². The van der Waals surface area contributed by atoms with Crippen LogP contribution in [0, 0.1) is 0 Å². The number of hydrogen-bond donors (Lipinski definition) is 0. The van der Waals surface area contributed by atoms with Crippen LogP contribution in [0.4, 0.5) is 0 Å². The predicted molar refractivity (Wildman–Crippen MR) is 94.0 cm³/mol. The van der Waals surface area contributed by atoms with E-state index in [2.05, 4.69) is 50.2 Å². The second-order valence-corrected chi connectivity index (χ2v) is 5.94. The Morgan fingerprint density at radius 1 is 0.913 bits per heavy atom. The van der Waals surface area contributed by atoms with Crippen molar-refractivity contribution < 1.29 is 0 Å². The highest BCUT2D eigenvalue weighted by atomic mass is 79.9. The first-order valence-corrected chi connectivity index (χ1v) is 8.09. The Balaban J connectivity index is 1.89. The summed E-state index contributed by atoms with van der Waals surface area (Å²) < 4.78 is 2.50. The lowest BCUT2D eigenvalue weighted by Crippen LogP contribution is -2.03. The van der Waals surface area contributed by atoms with Gasteiger partial charge in [-0.2, -0.15) is 5.10 Å². The molecular formula is C18H13BrN4. The number of hydrogen-bond acceptors (Lipinski definition) is 3. The van der Waals surface area contributed by atoms with Crippen LogP contribution in [0.1, 0.15) is 5.56 Å². The third-order valence-electron chi connectivity index (χ3n) is 3.68. The first-order valence-electron chi connectivity index (χ1n) is 7.30. The van der Waals surface area contributed by atoms with Crippen LogP contribution in [0.2, 0.25) is 0 Å². The van der Waals surface area contributed by atoms with Gasteiger partial charge in [0.25, 0.3) is 0 Å². The van der Waals surface area contributed by atoms with Gasteiger partial charge in [-0.25, -0.2) is 14.6 Å². The number of aromatic nitrogens is 4. The summed E-state index contributed by atoms with van der Waals surface area (Å²) in [6.45, 7) is 0.674. The van der Waals surface area contributed by atoms with Crippen molar-refractivity contribution in [2.45, 2.75) is 6.54 Å². The summed E-state index contributed by atoms with van der Waals surface area (Å²) in [7, 11) is 0. The number of nitrogens with zero attached hydrogens (tertiary/aromatic N) is 4. The molecule has 0 radical (unpaired) electrons. The van der Waals surface area contributed by atoms with E-state index >= 15 is 0 Å². The third-order valence-corrected chi connectivity index (χ3v) is 4.06. The van der Waals surface area contributed by atoms with Gasteiger partial charge in [-0.05, 0) is 21.5 Å². The lowest BCUT2D eigenvalue weighted by atomic mass is 10.1. The Kier molecular flexibility index (Phi) is 3.63. The molecule has 5 heteroatoms. The minimum absolute atomic E-state index is 0.568. The van der Waals surface area contributed by atoms with Crippen LogP contribution < -0.4 is 0 Å². The molecule has 0 amide bonds. The SMILES string of the molecule is Brc1ncc2c(-c3ccccc3)nn(Cc3ccccc3)c2n1. The normalized spacial score (nSPS) is 11.0. The highest BCUT2D eigenvalue weighted by Crippen LogP contribution is 2.27. The Bertz CT molecular complexity index is 949. The van der Waals surface area contributed by atoms with Crippen LogP contribution in [-0.2, 0) is 6.54 Å². The third kappa shape index (κ3) is 2.75. The van der Waals surface area contributed by atoms with Crippen LogP contribution in [-0.4, -0.2) is 19.7 Å². The van der Waals surface area contributed by atoms with Crippen molar-refractivity contribution in [1.29, 1.82) is 0 Å². The number of fused-ring (bicyclic) bond motifs is 1. The summed E-state index contributed by atoms with van der Waals surface area (Å²) in [5.74, 6) is 0. The van der Waals surface area contributed by atoms with E-state index in [1.165, 1.54) is 5.56 Å². The maximum atomic E-state index is 4.79. The van der Waals surface area contributed by atoms with Crippen LogP contribution in [0.25, 0.3) is 22.3 Å². The fourth-order valence-corrected chi connectivity index (χ4v) is 2.88. The van der Waals surface area contributed by atoms with E-state index in [9.17, 15) is 0 Å². The van der Waals surface area contributed by atoms with E-state index in [-0.39, 0.29) is 0 Å². The smallest absolute Gasteiger partial charge is 0.198 e. The maximum absolute atomic E-state index is 4.79. The lowest BCUT2D eigenvalue weighted by Gasteiger charge is -2.02. The van der Waals surface area contributed by atoms with Crippen molar-refractivity contribution in [2.75, 3.05) is 0 Å². The van der Waals surface area contributed by atoms with Crippen molar-refractivity contribution >= 4 is 27.0 Å². The molecule has 0 saturated heterocycles. The van der Waals surface area contributed by atoms with Gasteiger partial charge >= 0.3 is 0 Å². The predicted octanol–water partition coefficient (Wildman–Crippen LogP) is 4.30. The average molecular weight is 365 g/mol. The van der Waals surface area contributed by atoms with Gasteiger partial charge in [0.15, 0.2) is 10.4 Å². The zero-order chi connectivity index (χ0) is 15.6. The molecule has 2 aromatic heterocycles. The summed E-state index contributed by atoms with van der Waals surface area (Å²) in [6, 6.07) is 20.4. The van der Waals surface area contributed by atoms with Gasteiger partial charge in [-0.1, -0.05) is 60.7 Å². The van der Waals surface area contributed by atoms with Gasteiger partial charge in [0, 0.05) is 11.8 Å². The first kappa shape index (κ1) is 14.1. The molecule has 0 fully saturated rings. The highest BCUT2D eigenvalue weighted by molar-refractivity contribution is 9.10. The number of rotatable bonds is 3. The van der Waals surface area contributed by atoms with Crippen LogP contribution in [0.5, 0.6) is 0 Å². The molecule has 0 saturated carbocycles. The first-order chi connectivity index (χ1) is 11.3. The molecule has 0 aliphatic carbocycles. The fourth-order valence-electron chi connectivity index (χ4n) is 2.61. The Hall–Kier alpha value is -2.53. The van der Waals surface area contributed by atoms with Crippen LogP contribution in [0.15, 0.2) is 71.6 Å². The topological polar surface area (TPSA) is 43.6 Å². The van der Waals surface area contributed by atoms with Crippen LogP contribution >= 0.6 is 15.9 Å². The summed E-state index contributed by atoms with van der Waals surface area (Å²) in [5, 5.41) is 5.74. The van der Waals surface area contributed by atoms with Gasteiger partial charge in [-0.15, -0.1) is 0 Å². The molecule has 0 aliphatic heterocycles. The summed E-state index contributed by atoms with van der Waals surface area (Å²) in [4.78, 5) is 8.79. The lowest BCUT2D eigenvalue weighted by molar-refractivity contribution is 0.705. The minimum Gasteiger partial charge on any atom is -0.242 e. The quantitative estimate of drug-likeness (QED) is 0.509. The van der Waals surface area contributed by atoms with Gasteiger partial charge in [-0.3, -0.25) is 0 Å². The van der Waals surface area contributed by atoms with E-state index in [0.29, 0.717) is 11.3 Å². The molecular weight excluding hydrogens is 352 g/mol. The molecule has 4 nitrogen and oxygen atoms in total. The van der Waals surface area contributed by atoms with Gasteiger partial charge in [0.2, 0.25) is 0 Å². The van der Waals surface area contributed by atoms with Gasteiger partial charge in [0.05, 0.1) is 11.9 Å². The number of halogens is 1. The van der Waals surface area contributed by atoms with E-state index in [0.717, 1.165) is 22.3 Å². The van der Waals surface area contributed by atoms with E-state index in [4.69, 9.17) is 5.10 Å². The molecule has 0 aliphatic rings. The zero-order valence-electron chi connectivity index (χ0n) is 12.2. The van der Waals surface area contributed by atoms with Crippen molar-refractivity contribution in [1.82, 2.24) is 19.7 Å². The second kappa shape index (κ2) is 5.93. The molecule has 112 valence electrons. The van der Waals surface area contributed by atoms with E-state index < -0.39 is 0 Å². The van der Waals surface area contributed by atoms with Crippen molar-refractivity contribution in [3.05, 3.63) is 77.2 Å². The molecule has 2 heterocycles. The Labute approximate surface area is 142 Å². The largest absolute Gasteiger partial charge is 0.242 e. The fraction of sp³-hybridized carbons (Fsp3) is 0.0556. The Morgan fingerprint density at radius 3 is 2.35 bits per heavy atom. The molecule has 4 aromatic rings. The zero-order valence-corrected chi connectivity index (χ0v) is 13.8. The molecule has 2 aromatic carbocycles. The highest BCUT2D eigenvalue weighted by Gasteiger charge is 2.14. The minimum atomic E-state index is 0.568. The number of benzene rings is 2. The molecule has 4 rings (SSSR count). The average Bonchev–Trinajstić information content (AvgIpc) is 2.94. The molecule has 0 atom stereocenters. The molecule has 0 unspecified atom stereocenters. The molecule has 23 heavy (non-hydrogen) atoms. The summed E-state index contributed by atoms with van der Waals surface area (Å²) in [6.07, 6.45) is 1.82. The van der Waals surface area contributed by atoms with Gasteiger partial charge in [0.1, 0.15) is 5.69 Å². The summed E-state index contributed by atoms with van der Waals surface area (Å²) >= 11 is 3.35. The summed E-state index contributed by atoms with van der Waals surface area (Å²) in [5.41, 5.74) is 3.99.